The number of hydrogen-bond donors (Lipinski definition) is 1. The summed E-state index contributed by atoms with van der Waals surface area (Å²) >= 11 is 7.75. The first kappa shape index (κ1) is 19.8. The maximum Gasteiger partial charge on any atom is 0.251 e. The lowest BCUT2D eigenvalue weighted by molar-refractivity contribution is -0.131. The van der Waals surface area contributed by atoms with Crippen LogP contribution in [-0.4, -0.2) is 41.6 Å². The second kappa shape index (κ2) is 9.81. The quantitative estimate of drug-likeness (QED) is 0.735. The van der Waals surface area contributed by atoms with Crippen molar-refractivity contribution >= 4 is 35.2 Å². The number of piperidine rings is 1. The highest BCUT2D eigenvalue weighted by Gasteiger charge is 2.23. The highest BCUT2D eigenvalue weighted by Crippen LogP contribution is 2.27. The van der Waals surface area contributed by atoms with Crippen molar-refractivity contribution in [3.05, 3.63) is 65.2 Å². The Morgan fingerprint density at radius 1 is 1.04 bits per heavy atom. The summed E-state index contributed by atoms with van der Waals surface area (Å²) in [6.45, 7) is 1.38. The molecule has 0 spiro atoms. The van der Waals surface area contributed by atoms with E-state index in [0.717, 1.165) is 22.8 Å². The van der Waals surface area contributed by atoms with E-state index in [1.807, 2.05) is 59.5 Å². The number of carbonyl (C=O) groups excluding carboxylic acids is 2. The minimum absolute atomic E-state index is 0.0449. The van der Waals surface area contributed by atoms with E-state index in [0.29, 0.717) is 30.8 Å². The average molecular weight is 403 g/mol. The SMILES string of the molecule is O=C(NC1CCN(C(=O)CCSc2ccccc2Cl)CC1)c1ccccc1. The predicted molar refractivity (Wildman–Crippen MR) is 110 cm³/mol. The summed E-state index contributed by atoms with van der Waals surface area (Å²) in [4.78, 5) is 27.6. The third kappa shape index (κ3) is 5.75. The summed E-state index contributed by atoms with van der Waals surface area (Å²) in [7, 11) is 0. The van der Waals surface area contributed by atoms with E-state index in [9.17, 15) is 9.59 Å². The highest BCUT2D eigenvalue weighted by molar-refractivity contribution is 7.99. The van der Waals surface area contributed by atoms with Crippen LogP contribution in [0.4, 0.5) is 0 Å². The number of benzene rings is 2. The van der Waals surface area contributed by atoms with Gasteiger partial charge in [0.25, 0.3) is 5.91 Å². The lowest BCUT2D eigenvalue weighted by Crippen LogP contribution is -2.46. The molecule has 0 aromatic heterocycles. The Morgan fingerprint density at radius 2 is 1.70 bits per heavy atom. The molecule has 142 valence electrons. The minimum Gasteiger partial charge on any atom is -0.349 e. The Kier molecular flexibility index (Phi) is 7.18. The van der Waals surface area contributed by atoms with Crippen molar-refractivity contribution in [1.82, 2.24) is 10.2 Å². The van der Waals surface area contributed by atoms with Gasteiger partial charge in [-0.2, -0.15) is 0 Å². The molecule has 0 bridgehead atoms. The first-order valence-electron chi connectivity index (χ1n) is 9.14. The van der Waals surface area contributed by atoms with Gasteiger partial charge in [0.1, 0.15) is 0 Å². The van der Waals surface area contributed by atoms with E-state index in [-0.39, 0.29) is 17.9 Å². The number of likely N-dealkylation sites (tertiary alicyclic amines) is 1. The fraction of sp³-hybridized carbons (Fsp3) is 0.333. The maximum absolute atomic E-state index is 12.4. The van der Waals surface area contributed by atoms with Gasteiger partial charge < -0.3 is 10.2 Å². The summed E-state index contributed by atoms with van der Waals surface area (Å²) in [6, 6.07) is 17.0. The molecule has 2 aromatic carbocycles. The Morgan fingerprint density at radius 3 is 2.41 bits per heavy atom. The summed E-state index contributed by atoms with van der Waals surface area (Å²) in [5.74, 6) is 0.840. The molecule has 1 fully saturated rings. The number of halogens is 1. The predicted octanol–water partition coefficient (Wildman–Crippen LogP) is 4.24. The molecule has 2 amide bonds. The van der Waals surface area contributed by atoms with Gasteiger partial charge >= 0.3 is 0 Å². The summed E-state index contributed by atoms with van der Waals surface area (Å²) in [6.07, 6.45) is 2.08. The molecular weight excluding hydrogens is 380 g/mol. The fourth-order valence-electron chi connectivity index (χ4n) is 3.10. The molecule has 1 N–H and O–H groups in total. The van der Waals surface area contributed by atoms with E-state index in [1.165, 1.54) is 0 Å². The lowest BCUT2D eigenvalue weighted by Gasteiger charge is -2.32. The van der Waals surface area contributed by atoms with Crippen molar-refractivity contribution < 1.29 is 9.59 Å². The van der Waals surface area contributed by atoms with Gasteiger partial charge in [-0.05, 0) is 37.1 Å². The molecule has 0 unspecified atom stereocenters. The maximum atomic E-state index is 12.4. The van der Waals surface area contributed by atoms with Gasteiger partial charge in [0.05, 0.1) is 5.02 Å². The molecule has 2 aromatic rings. The summed E-state index contributed by atoms with van der Waals surface area (Å²) in [5.41, 5.74) is 0.674. The largest absolute Gasteiger partial charge is 0.349 e. The molecule has 3 rings (SSSR count). The van der Waals surface area contributed by atoms with Crippen LogP contribution >= 0.6 is 23.4 Å². The van der Waals surface area contributed by atoms with Gasteiger partial charge in [-0.25, -0.2) is 0 Å². The van der Waals surface area contributed by atoms with Crippen molar-refractivity contribution in [2.24, 2.45) is 0 Å². The van der Waals surface area contributed by atoms with E-state index < -0.39 is 0 Å². The molecule has 1 heterocycles. The molecule has 6 heteroatoms. The zero-order chi connectivity index (χ0) is 19.1. The lowest BCUT2D eigenvalue weighted by atomic mass is 10.0. The van der Waals surface area contributed by atoms with Crippen LogP contribution < -0.4 is 5.32 Å². The number of hydrogen-bond acceptors (Lipinski definition) is 3. The van der Waals surface area contributed by atoms with Crippen LogP contribution in [0, 0.1) is 0 Å². The Hall–Kier alpha value is -1.98. The van der Waals surface area contributed by atoms with Crippen LogP contribution in [-0.2, 0) is 4.79 Å². The smallest absolute Gasteiger partial charge is 0.251 e. The molecule has 0 radical (unpaired) electrons. The summed E-state index contributed by atoms with van der Waals surface area (Å²) < 4.78 is 0. The van der Waals surface area contributed by atoms with Gasteiger partial charge in [0.15, 0.2) is 0 Å². The first-order chi connectivity index (χ1) is 13.1. The molecule has 1 aliphatic heterocycles. The van der Waals surface area contributed by atoms with E-state index in [2.05, 4.69) is 5.32 Å². The molecule has 0 atom stereocenters. The number of nitrogens with zero attached hydrogens (tertiary/aromatic N) is 1. The normalized spacial score (nSPS) is 14.8. The Balaban J connectivity index is 1.39. The average Bonchev–Trinajstić information content (AvgIpc) is 2.70. The van der Waals surface area contributed by atoms with E-state index in [1.54, 1.807) is 11.8 Å². The Bertz CT molecular complexity index is 777. The Labute approximate surface area is 169 Å². The first-order valence-corrected chi connectivity index (χ1v) is 10.5. The standard InChI is InChI=1S/C21H23ClN2O2S/c22-18-8-4-5-9-19(18)27-15-12-20(25)24-13-10-17(11-14-24)23-21(26)16-6-2-1-3-7-16/h1-9,17H,10-15H2,(H,23,26). The monoisotopic (exact) mass is 402 g/mol. The van der Waals surface area contributed by atoms with Crippen molar-refractivity contribution in [1.29, 1.82) is 0 Å². The number of nitrogens with one attached hydrogen (secondary N) is 1. The van der Waals surface area contributed by atoms with Crippen LogP contribution in [0.15, 0.2) is 59.5 Å². The molecular formula is C21H23ClN2O2S. The third-order valence-electron chi connectivity index (χ3n) is 4.63. The second-order valence-corrected chi connectivity index (χ2v) is 8.07. The van der Waals surface area contributed by atoms with Crippen molar-refractivity contribution in [2.75, 3.05) is 18.8 Å². The van der Waals surface area contributed by atoms with Crippen molar-refractivity contribution in [2.45, 2.75) is 30.2 Å². The van der Waals surface area contributed by atoms with Gasteiger partial charge in [-0.1, -0.05) is 41.9 Å². The van der Waals surface area contributed by atoms with Gasteiger partial charge in [0, 0.05) is 41.8 Å². The van der Waals surface area contributed by atoms with Crippen LogP contribution in [0.5, 0.6) is 0 Å². The van der Waals surface area contributed by atoms with Gasteiger partial charge in [-0.15, -0.1) is 11.8 Å². The molecule has 1 saturated heterocycles. The highest BCUT2D eigenvalue weighted by atomic mass is 35.5. The number of carbonyl (C=O) groups is 2. The molecule has 4 nitrogen and oxygen atoms in total. The zero-order valence-corrected chi connectivity index (χ0v) is 16.6. The number of rotatable bonds is 6. The third-order valence-corrected chi connectivity index (χ3v) is 6.15. The van der Waals surface area contributed by atoms with E-state index in [4.69, 9.17) is 11.6 Å². The zero-order valence-electron chi connectivity index (χ0n) is 15.1. The molecule has 1 aliphatic rings. The van der Waals surface area contributed by atoms with Crippen molar-refractivity contribution in [3.63, 3.8) is 0 Å². The fourth-order valence-corrected chi connectivity index (χ4v) is 4.28. The van der Waals surface area contributed by atoms with Gasteiger partial charge in [0.2, 0.25) is 5.91 Å². The van der Waals surface area contributed by atoms with Crippen LogP contribution in [0.3, 0.4) is 0 Å². The molecule has 0 saturated carbocycles. The number of amides is 2. The van der Waals surface area contributed by atoms with Crippen LogP contribution in [0.2, 0.25) is 5.02 Å². The summed E-state index contributed by atoms with van der Waals surface area (Å²) in [5, 5.41) is 3.80. The van der Waals surface area contributed by atoms with Crippen molar-refractivity contribution in [3.8, 4) is 0 Å². The minimum atomic E-state index is -0.0449. The van der Waals surface area contributed by atoms with E-state index >= 15 is 0 Å². The number of thioether (sulfide) groups is 1. The second-order valence-electron chi connectivity index (χ2n) is 6.52. The molecule has 27 heavy (non-hydrogen) atoms. The van der Waals surface area contributed by atoms with Crippen LogP contribution in [0.25, 0.3) is 0 Å². The van der Waals surface area contributed by atoms with Gasteiger partial charge in [-0.3, -0.25) is 9.59 Å². The topological polar surface area (TPSA) is 49.4 Å². The van der Waals surface area contributed by atoms with Crippen LogP contribution in [0.1, 0.15) is 29.6 Å². The molecule has 0 aliphatic carbocycles.